The zero-order valence-corrected chi connectivity index (χ0v) is 8.73. The van der Waals surface area contributed by atoms with Crippen molar-refractivity contribution in [1.29, 1.82) is 0 Å². The quantitative estimate of drug-likeness (QED) is 0.613. The van der Waals surface area contributed by atoms with Gasteiger partial charge in [-0.3, -0.25) is 29.9 Å². The van der Waals surface area contributed by atoms with Crippen LogP contribution in [0.5, 0.6) is 0 Å². The van der Waals surface area contributed by atoms with Gasteiger partial charge in [0, 0.05) is 31.9 Å². The van der Waals surface area contributed by atoms with Gasteiger partial charge in [0.1, 0.15) is 0 Å². The smallest absolute Gasteiger partial charge is 0.288 e. The van der Waals surface area contributed by atoms with E-state index in [1.54, 1.807) is 10.9 Å². The van der Waals surface area contributed by atoms with Crippen molar-refractivity contribution in [3.05, 3.63) is 18.0 Å². The zero-order chi connectivity index (χ0) is 11.5. The lowest BCUT2D eigenvalue weighted by atomic mass is 10.3. The lowest BCUT2D eigenvalue weighted by Crippen LogP contribution is -2.26. The van der Waals surface area contributed by atoms with E-state index in [0.29, 0.717) is 13.0 Å². The second-order valence-electron chi connectivity index (χ2n) is 3.33. The minimum Gasteiger partial charge on any atom is -0.288 e. The molecule has 16 heavy (non-hydrogen) atoms. The van der Waals surface area contributed by atoms with Gasteiger partial charge in [-0.25, -0.2) is 0 Å². The number of aromatic nitrogens is 2. The number of nitrogens with zero attached hydrogens (tertiary/aromatic N) is 3. The van der Waals surface area contributed by atoms with Crippen molar-refractivity contribution in [1.82, 2.24) is 20.4 Å². The second kappa shape index (κ2) is 4.13. The first-order valence-electron chi connectivity index (χ1n) is 4.80. The van der Waals surface area contributed by atoms with E-state index >= 15 is 0 Å². The lowest BCUT2D eigenvalue weighted by Gasteiger charge is -1.99. The summed E-state index contributed by atoms with van der Waals surface area (Å²) in [6, 6.07) is 1.89. The monoisotopic (exact) mass is 221 g/mol. The van der Waals surface area contributed by atoms with E-state index in [0.717, 1.165) is 5.69 Å². The average molecular weight is 221 g/mol. The summed E-state index contributed by atoms with van der Waals surface area (Å²) < 4.78 is 1.76. The van der Waals surface area contributed by atoms with Gasteiger partial charge in [0.05, 0.1) is 0 Å². The van der Waals surface area contributed by atoms with E-state index in [9.17, 15) is 9.59 Å². The number of carbonyl (C=O) groups is 2. The van der Waals surface area contributed by atoms with Gasteiger partial charge in [-0.1, -0.05) is 0 Å². The Morgan fingerprint density at radius 1 is 1.38 bits per heavy atom. The van der Waals surface area contributed by atoms with Crippen LogP contribution < -0.4 is 10.6 Å². The minimum atomic E-state index is -0.667. The topological polar surface area (TPSA) is 88.4 Å². The minimum absolute atomic E-state index is 0.220. The molecule has 1 aliphatic rings. The number of carbonyl (C=O) groups excluding carboxylic acids is 2. The fourth-order valence-corrected chi connectivity index (χ4v) is 1.37. The molecule has 0 aliphatic carbocycles. The van der Waals surface area contributed by atoms with Gasteiger partial charge in [0.25, 0.3) is 0 Å². The Hall–Kier alpha value is -2.18. The molecule has 2 rings (SSSR count). The molecule has 84 valence electrons. The molecule has 0 atom stereocenters. The normalized spacial score (nSPS) is 14.9. The van der Waals surface area contributed by atoms with E-state index in [1.165, 1.54) is 0 Å². The Morgan fingerprint density at radius 3 is 2.62 bits per heavy atom. The standard InChI is InChI=1S/C9H11N5O2/c1-14-6(3-5-11-14)2-4-10-9-12-7(15)8(16)13-9/h3,5H,2,4H2,1H3,(H2,10,12,13,15,16). The number of hydrogen-bond acceptors (Lipinski definition) is 4. The molecule has 0 saturated carbocycles. The maximum Gasteiger partial charge on any atom is 0.316 e. The molecular weight excluding hydrogens is 210 g/mol. The summed E-state index contributed by atoms with van der Waals surface area (Å²) in [4.78, 5) is 25.7. The molecule has 0 bridgehead atoms. The Labute approximate surface area is 91.5 Å². The van der Waals surface area contributed by atoms with Crippen LogP contribution in [0.4, 0.5) is 0 Å². The van der Waals surface area contributed by atoms with Crippen LogP contribution in [0.1, 0.15) is 5.69 Å². The molecule has 2 N–H and O–H groups in total. The molecule has 7 nitrogen and oxygen atoms in total. The predicted molar refractivity (Wildman–Crippen MR) is 55.5 cm³/mol. The zero-order valence-electron chi connectivity index (χ0n) is 8.73. The fraction of sp³-hybridized carbons (Fsp3) is 0.333. The third-order valence-corrected chi connectivity index (χ3v) is 2.23. The highest BCUT2D eigenvalue weighted by atomic mass is 16.2. The molecule has 0 aromatic carbocycles. The predicted octanol–water partition coefficient (Wildman–Crippen LogP) is -1.44. The molecule has 1 aliphatic heterocycles. The molecule has 0 unspecified atom stereocenters. The Kier molecular flexibility index (Phi) is 2.67. The molecule has 2 amide bonds. The van der Waals surface area contributed by atoms with Gasteiger partial charge in [-0.15, -0.1) is 0 Å². The third kappa shape index (κ3) is 2.08. The molecule has 7 heteroatoms. The van der Waals surface area contributed by atoms with Gasteiger partial charge in [0.15, 0.2) is 0 Å². The van der Waals surface area contributed by atoms with Crippen LogP contribution in [-0.4, -0.2) is 34.1 Å². The number of aliphatic imine (C=N–C) groups is 1. The Morgan fingerprint density at radius 2 is 2.06 bits per heavy atom. The van der Waals surface area contributed by atoms with E-state index in [2.05, 4.69) is 20.7 Å². The molecular formula is C9H11N5O2. The van der Waals surface area contributed by atoms with Crippen LogP contribution in [0.2, 0.25) is 0 Å². The molecule has 0 spiro atoms. The van der Waals surface area contributed by atoms with Crippen LogP contribution in [-0.2, 0) is 23.1 Å². The van der Waals surface area contributed by atoms with Gasteiger partial charge in [0.2, 0.25) is 5.96 Å². The number of amides is 2. The molecule has 1 aromatic rings. The highest BCUT2D eigenvalue weighted by Gasteiger charge is 2.24. The van der Waals surface area contributed by atoms with Crippen molar-refractivity contribution >= 4 is 17.8 Å². The van der Waals surface area contributed by atoms with E-state index < -0.39 is 11.8 Å². The fourth-order valence-electron chi connectivity index (χ4n) is 1.37. The maximum atomic E-state index is 10.8. The number of rotatable bonds is 3. The van der Waals surface area contributed by atoms with Gasteiger partial charge in [-0.05, 0) is 6.07 Å². The summed E-state index contributed by atoms with van der Waals surface area (Å²) in [6.07, 6.45) is 2.41. The van der Waals surface area contributed by atoms with Crippen LogP contribution in [0, 0.1) is 0 Å². The van der Waals surface area contributed by atoms with Crippen LogP contribution in [0.15, 0.2) is 17.3 Å². The summed E-state index contributed by atoms with van der Waals surface area (Å²) >= 11 is 0. The van der Waals surface area contributed by atoms with Gasteiger partial charge < -0.3 is 0 Å². The van der Waals surface area contributed by atoms with Crippen LogP contribution in [0.25, 0.3) is 0 Å². The van der Waals surface area contributed by atoms with Gasteiger partial charge in [-0.2, -0.15) is 5.10 Å². The Bertz CT molecular complexity index is 444. The number of guanidine groups is 1. The lowest BCUT2D eigenvalue weighted by molar-refractivity contribution is -0.135. The van der Waals surface area contributed by atoms with Crippen molar-refractivity contribution in [2.75, 3.05) is 6.54 Å². The number of aryl methyl sites for hydroxylation is 1. The van der Waals surface area contributed by atoms with Crippen molar-refractivity contribution < 1.29 is 9.59 Å². The van der Waals surface area contributed by atoms with Crippen molar-refractivity contribution in [2.24, 2.45) is 12.0 Å². The highest BCUT2D eigenvalue weighted by molar-refractivity contribution is 6.45. The second-order valence-corrected chi connectivity index (χ2v) is 3.33. The molecule has 2 heterocycles. The summed E-state index contributed by atoms with van der Waals surface area (Å²) in [7, 11) is 1.85. The summed E-state index contributed by atoms with van der Waals surface area (Å²) in [6.45, 7) is 0.482. The van der Waals surface area contributed by atoms with Crippen molar-refractivity contribution in [2.45, 2.75) is 6.42 Å². The van der Waals surface area contributed by atoms with E-state index in [4.69, 9.17) is 0 Å². The first kappa shape index (κ1) is 10.3. The Balaban J connectivity index is 1.89. The van der Waals surface area contributed by atoms with E-state index in [1.807, 2.05) is 13.1 Å². The van der Waals surface area contributed by atoms with Crippen LogP contribution in [0.3, 0.4) is 0 Å². The summed E-state index contributed by atoms with van der Waals surface area (Å²) in [5.74, 6) is -1.12. The SMILES string of the molecule is Cn1nccc1CCN=C1NC(=O)C(=O)N1. The average Bonchev–Trinajstić information content (AvgIpc) is 2.76. The van der Waals surface area contributed by atoms with Crippen molar-refractivity contribution in [3.8, 4) is 0 Å². The summed E-state index contributed by atoms with van der Waals surface area (Å²) in [5.41, 5.74) is 1.04. The third-order valence-electron chi connectivity index (χ3n) is 2.23. The molecule has 1 saturated heterocycles. The number of hydrogen-bond donors (Lipinski definition) is 2. The first-order valence-corrected chi connectivity index (χ1v) is 4.80. The molecule has 0 radical (unpaired) electrons. The highest BCUT2D eigenvalue weighted by Crippen LogP contribution is 1.97. The maximum absolute atomic E-state index is 10.8. The van der Waals surface area contributed by atoms with Gasteiger partial charge >= 0.3 is 11.8 Å². The van der Waals surface area contributed by atoms with E-state index in [-0.39, 0.29) is 5.96 Å². The number of nitrogens with one attached hydrogen (secondary N) is 2. The first-order chi connectivity index (χ1) is 7.66. The molecule has 1 aromatic heterocycles. The van der Waals surface area contributed by atoms with Crippen molar-refractivity contribution in [3.63, 3.8) is 0 Å². The van der Waals surface area contributed by atoms with Crippen LogP contribution >= 0.6 is 0 Å². The largest absolute Gasteiger partial charge is 0.316 e. The molecule has 1 fully saturated rings. The summed E-state index contributed by atoms with van der Waals surface area (Å²) in [5, 5.41) is 8.67.